The van der Waals surface area contributed by atoms with Gasteiger partial charge in [-0.3, -0.25) is 9.67 Å². The molecule has 2 heterocycles. The number of hydrogen-bond donors (Lipinski definition) is 0. The van der Waals surface area contributed by atoms with Crippen LogP contribution in [0.4, 0.5) is 4.39 Å². The molecule has 0 fully saturated rings. The number of esters is 1. The lowest BCUT2D eigenvalue weighted by Gasteiger charge is -2.07. The van der Waals surface area contributed by atoms with Gasteiger partial charge in [-0.1, -0.05) is 40.9 Å². The molecule has 4 aromatic rings. The smallest absolute Gasteiger partial charge is 0.348 e. The van der Waals surface area contributed by atoms with Gasteiger partial charge in [-0.05, 0) is 30.3 Å². The number of carbonyl (C=O) groups is 1. The van der Waals surface area contributed by atoms with Gasteiger partial charge in [0.2, 0.25) is 5.88 Å². The van der Waals surface area contributed by atoms with Gasteiger partial charge in [0.1, 0.15) is 17.1 Å². The molecule has 0 saturated carbocycles. The zero-order valence-corrected chi connectivity index (χ0v) is 18.2. The molecule has 2 aromatic heterocycles. The Labute approximate surface area is 191 Å². The number of halogens is 4. The molecular formula is C21H13Cl3FN3O3. The lowest BCUT2D eigenvalue weighted by molar-refractivity contribution is 0.0728. The average molecular weight is 481 g/mol. The fraction of sp³-hybridized carbons (Fsp3) is 0.0952. The third-order valence-electron chi connectivity index (χ3n) is 4.54. The predicted octanol–water partition coefficient (Wildman–Crippen LogP) is 5.81. The molecule has 10 heteroatoms. The molecule has 0 N–H and O–H groups in total. The lowest BCUT2D eigenvalue weighted by atomic mass is 10.2. The van der Waals surface area contributed by atoms with E-state index in [1.165, 1.54) is 36.3 Å². The van der Waals surface area contributed by atoms with Crippen LogP contribution in [0.25, 0.3) is 10.9 Å². The van der Waals surface area contributed by atoms with Crippen molar-refractivity contribution < 1.29 is 18.7 Å². The highest BCUT2D eigenvalue weighted by Crippen LogP contribution is 2.32. The van der Waals surface area contributed by atoms with Gasteiger partial charge in [0, 0.05) is 23.0 Å². The molecule has 0 spiro atoms. The van der Waals surface area contributed by atoms with Gasteiger partial charge < -0.3 is 9.47 Å². The summed E-state index contributed by atoms with van der Waals surface area (Å²) < 4.78 is 26.6. The van der Waals surface area contributed by atoms with Crippen LogP contribution >= 0.6 is 34.8 Å². The van der Waals surface area contributed by atoms with E-state index < -0.39 is 11.8 Å². The summed E-state index contributed by atoms with van der Waals surface area (Å²) in [4.78, 5) is 16.6. The van der Waals surface area contributed by atoms with Gasteiger partial charge in [0.15, 0.2) is 0 Å². The second kappa shape index (κ2) is 8.70. The van der Waals surface area contributed by atoms with Crippen LogP contribution in [-0.2, 0) is 6.54 Å². The van der Waals surface area contributed by atoms with Crippen LogP contribution in [0.3, 0.4) is 0 Å². The molecule has 0 aliphatic heterocycles. The van der Waals surface area contributed by atoms with Crippen molar-refractivity contribution in [1.82, 2.24) is 14.8 Å². The number of ether oxygens (including phenoxy) is 2. The maximum Gasteiger partial charge on any atom is 0.348 e. The minimum Gasteiger partial charge on any atom is -0.497 e. The fourth-order valence-corrected chi connectivity index (χ4v) is 3.77. The summed E-state index contributed by atoms with van der Waals surface area (Å²) in [7, 11) is 1.51. The Morgan fingerprint density at radius 1 is 1.10 bits per heavy atom. The van der Waals surface area contributed by atoms with Gasteiger partial charge in [-0.2, -0.15) is 0 Å². The molecule has 0 radical (unpaired) electrons. The molecule has 0 saturated heterocycles. The number of fused-ring (bicyclic) bond motifs is 1. The SMILES string of the molecule is COc1ccc2c(c1)c(OC(=O)c1c(Cl)cncc1Cl)nn2Cc1c(F)cccc1Cl. The highest BCUT2D eigenvalue weighted by Gasteiger charge is 2.22. The van der Waals surface area contributed by atoms with Crippen LogP contribution in [-0.4, -0.2) is 27.8 Å². The number of pyridine rings is 1. The molecule has 4 rings (SSSR count). The van der Waals surface area contributed by atoms with Gasteiger partial charge >= 0.3 is 5.97 Å². The van der Waals surface area contributed by atoms with E-state index in [9.17, 15) is 9.18 Å². The summed E-state index contributed by atoms with van der Waals surface area (Å²) in [5, 5.41) is 5.16. The monoisotopic (exact) mass is 479 g/mol. The number of benzene rings is 2. The van der Waals surface area contributed by atoms with Crippen LogP contribution in [0, 0.1) is 5.82 Å². The molecule has 0 unspecified atom stereocenters. The Hall–Kier alpha value is -2.87. The van der Waals surface area contributed by atoms with Crippen molar-refractivity contribution in [3.63, 3.8) is 0 Å². The highest BCUT2D eigenvalue weighted by molar-refractivity contribution is 6.39. The van der Waals surface area contributed by atoms with Crippen molar-refractivity contribution in [1.29, 1.82) is 0 Å². The lowest BCUT2D eigenvalue weighted by Crippen LogP contribution is -2.11. The summed E-state index contributed by atoms with van der Waals surface area (Å²) in [6.45, 7) is 0.0165. The van der Waals surface area contributed by atoms with Crippen LogP contribution in [0.5, 0.6) is 11.6 Å². The molecule has 0 amide bonds. The molecule has 0 bridgehead atoms. The Morgan fingerprint density at radius 2 is 1.84 bits per heavy atom. The molecule has 0 aliphatic carbocycles. The number of aromatic nitrogens is 3. The summed E-state index contributed by atoms with van der Waals surface area (Å²) in [6, 6.07) is 9.50. The average Bonchev–Trinajstić information content (AvgIpc) is 3.07. The summed E-state index contributed by atoms with van der Waals surface area (Å²) >= 11 is 18.3. The van der Waals surface area contributed by atoms with Crippen molar-refractivity contribution >= 4 is 51.7 Å². The van der Waals surface area contributed by atoms with Gasteiger partial charge in [-0.25, -0.2) is 9.18 Å². The van der Waals surface area contributed by atoms with Crippen LogP contribution in [0.15, 0.2) is 48.8 Å². The first-order valence-corrected chi connectivity index (χ1v) is 10.0. The topological polar surface area (TPSA) is 66.2 Å². The van der Waals surface area contributed by atoms with Crippen molar-refractivity contribution in [3.8, 4) is 11.6 Å². The number of carbonyl (C=O) groups excluding carboxylic acids is 1. The van der Waals surface area contributed by atoms with E-state index in [1.807, 2.05) is 0 Å². The third kappa shape index (κ3) is 4.17. The summed E-state index contributed by atoms with van der Waals surface area (Å²) in [5.41, 5.74) is 0.790. The first kappa shape index (κ1) is 21.4. The van der Waals surface area contributed by atoms with Crippen molar-refractivity contribution in [2.45, 2.75) is 6.54 Å². The highest BCUT2D eigenvalue weighted by atomic mass is 35.5. The minimum absolute atomic E-state index is 0.0165. The molecule has 2 aromatic carbocycles. The van der Waals surface area contributed by atoms with Crippen molar-refractivity contribution in [2.75, 3.05) is 7.11 Å². The number of rotatable bonds is 5. The maximum absolute atomic E-state index is 14.3. The number of nitrogens with zero attached hydrogens (tertiary/aromatic N) is 3. The van der Waals surface area contributed by atoms with E-state index in [2.05, 4.69) is 10.1 Å². The predicted molar refractivity (Wildman–Crippen MR) is 116 cm³/mol. The Morgan fingerprint density at radius 3 is 2.52 bits per heavy atom. The zero-order valence-electron chi connectivity index (χ0n) is 15.9. The van der Waals surface area contributed by atoms with Crippen molar-refractivity contribution in [2.24, 2.45) is 0 Å². The van der Waals surface area contributed by atoms with E-state index in [0.29, 0.717) is 16.7 Å². The van der Waals surface area contributed by atoms with Crippen LogP contribution < -0.4 is 9.47 Å². The van der Waals surface area contributed by atoms with Crippen LogP contribution in [0.2, 0.25) is 15.1 Å². The van der Waals surface area contributed by atoms with E-state index in [1.54, 1.807) is 24.3 Å². The normalized spacial score (nSPS) is 11.0. The molecule has 0 atom stereocenters. The fourth-order valence-electron chi connectivity index (χ4n) is 3.03. The first-order chi connectivity index (χ1) is 14.9. The van der Waals surface area contributed by atoms with Gasteiger partial charge in [0.25, 0.3) is 0 Å². The van der Waals surface area contributed by atoms with Crippen LogP contribution in [0.1, 0.15) is 15.9 Å². The molecule has 158 valence electrons. The Kier molecular flexibility index (Phi) is 6.00. The second-order valence-electron chi connectivity index (χ2n) is 6.41. The maximum atomic E-state index is 14.3. The quantitative estimate of drug-likeness (QED) is 0.337. The van der Waals surface area contributed by atoms with E-state index in [-0.39, 0.29) is 38.6 Å². The second-order valence-corrected chi connectivity index (χ2v) is 7.64. The first-order valence-electron chi connectivity index (χ1n) is 8.87. The number of hydrogen-bond acceptors (Lipinski definition) is 5. The number of methoxy groups -OCH3 is 1. The zero-order chi connectivity index (χ0) is 22.1. The van der Waals surface area contributed by atoms with E-state index in [4.69, 9.17) is 44.3 Å². The Balaban J connectivity index is 1.79. The molecule has 31 heavy (non-hydrogen) atoms. The summed E-state index contributed by atoms with van der Waals surface area (Å²) in [5.74, 6) is -0.780. The standard InChI is InChI=1S/C21H13Cl3FN3O3/c1-30-11-5-6-18-12(7-11)20(31-21(29)19-15(23)8-26-9-16(19)24)27-28(18)10-13-14(22)3-2-4-17(13)25/h2-9H,10H2,1H3. The van der Waals surface area contributed by atoms with E-state index in [0.717, 1.165) is 0 Å². The largest absolute Gasteiger partial charge is 0.497 e. The molecular weight excluding hydrogens is 468 g/mol. The minimum atomic E-state index is -0.810. The van der Waals surface area contributed by atoms with Gasteiger partial charge in [0.05, 0.1) is 34.6 Å². The molecule has 6 nitrogen and oxygen atoms in total. The third-order valence-corrected chi connectivity index (χ3v) is 5.47. The van der Waals surface area contributed by atoms with Gasteiger partial charge in [-0.15, -0.1) is 5.10 Å². The van der Waals surface area contributed by atoms with E-state index >= 15 is 0 Å². The Bertz CT molecular complexity index is 1270. The molecule has 0 aliphatic rings. The van der Waals surface area contributed by atoms with Crippen molar-refractivity contribution in [3.05, 3.63) is 80.8 Å². The summed E-state index contributed by atoms with van der Waals surface area (Å²) in [6.07, 6.45) is 2.56.